The maximum absolute atomic E-state index is 10.4. The second kappa shape index (κ2) is 6.50. The van der Waals surface area contributed by atoms with Gasteiger partial charge in [0.2, 0.25) is 5.95 Å². The molecular weight excluding hydrogens is 254 g/mol. The van der Waals surface area contributed by atoms with Crippen LogP contribution in [-0.4, -0.2) is 34.1 Å². The van der Waals surface area contributed by atoms with Crippen molar-refractivity contribution in [2.75, 3.05) is 11.9 Å². The summed E-state index contributed by atoms with van der Waals surface area (Å²) in [5.74, 6) is 0.493. The van der Waals surface area contributed by atoms with Crippen LogP contribution >= 0.6 is 0 Å². The molecule has 5 nitrogen and oxygen atoms in total. The minimum Gasteiger partial charge on any atom is -0.478 e. The lowest BCUT2D eigenvalue weighted by molar-refractivity contribution is -0.131. The van der Waals surface area contributed by atoms with E-state index in [4.69, 9.17) is 5.11 Å². The van der Waals surface area contributed by atoms with E-state index >= 15 is 0 Å². The Labute approximate surface area is 119 Å². The number of rotatable bonds is 4. The lowest BCUT2D eigenvalue weighted by atomic mass is 9.86. The zero-order valence-electron chi connectivity index (χ0n) is 12.0. The van der Waals surface area contributed by atoms with Crippen molar-refractivity contribution in [2.45, 2.75) is 38.6 Å². The summed E-state index contributed by atoms with van der Waals surface area (Å²) in [5, 5.41) is 8.58. The second-order valence-electron chi connectivity index (χ2n) is 5.52. The Morgan fingerprint density at radius 3 is 2.70 bits per heavy atom. The average molecular weight is 275 g/mol. The maximum Gasteiger partial charge on any atom is 0.328 e. The first-order chi connectivity index (χ1) is 9.56. The Morgan fingerprint density at radius 1 is 1.40 bits per heavy atom. The molecule has 20 heavy (non-hydrogen) atoms. The molecule has 2 rings (SSSR count). The molecule has 2 unspecified atom stereocenters. The van der Waals surface area contributed by atoms with Gasteiger partial charge in [-0.25, -0.2) is 14.8 Å². The lowest BCUT2D eigenvalue weighted by Crippen LogP contribution is -2.36. The van der Waals surface area contributed by atoms with Gasteiger partial charge in [0.25, 0.3) is 0 Å². The number of hydrogen-bond acceptors (Lipinski definition) is 4. The van der Waals surface area contributed by atoms with Gasteiger partial charge in [-0.2, -0.15) is 0 Å². The molecule has 1 fully saturated rings. The van der Waals surface area contributed by atoms with Crippen LogP contribution in [0.25, 0.3) is 6.08 Å². The number of aromatic nitrogens is 2. The summed E-state index contributed by atoms with van der Waals surface area (Å²) in [4.78, 5) is 21.2. The van der Waals surface area contributed by atoms with E-state index in [-0.39, 0.29) is 0 Å². The zero-order valence-corrected chi connectivity index (χ0v) is 12.0. The van der Waals surface area contributed by atoms with Gasteiger partial charge in [0.05, 0.1) is 0 Å². The Hall–Kier alpha value is -1.91. The van der Waals surface area contributed by atoms with Crippen LogP contribution in [0.15, 0.2) is 18.5 Å². The molecule has 1 saturated carbocycles. The van der Waals surface area contributed by atoms with Crippen LogP contribution in [0, 0.1) is 5.92 Å². The highest BCUT2D eigenvalue weighted by Gasteiger charge is 2.23. The summed E-state index contributed by atoms with van der Waals surface area (Å²) < 4.78 is 0. The Kier molecular flexibility index (Phi) is 4.71. The van der Waals surface area contributed by atoms with E-state index in [9.17, 15) is 4.79 Å². The van der Waals surface area contributed by atoms with Crippen molar-refractivity contribution in [3.8, 4) is 0 Å². The SMILES string of the molecule is CC1CCCC(N(C)c2ncc(/C=C/C(=O)O)cn2)C1. The molecule has 2 atom stereocenters. The van der Waals surface area contributed by atoms with Crippen LogP contribution in [0.3, 0.4) is 0 Å². The number of carboxylic acids is 1. The summed E-state index contributed by atoms with van der Waals surface area (Å²) in [5.41, 5.74) is 0.696. The molecule has 1 heterocycles. The average Bonchev–Trinajstić information content (AvgIpc) is 2.45. The minimum absolute atomic E-state index is 0.499. The molecule has 0 radical (unpaired) electrons. The number of aliphatic carboxylic acids is 1. The molecule has 1 aliphatic rings. The Morgan fingerprint density at radius 2 is 2.10 bits per heavy atom. The normalized spacial score (nSPS) is 22.9. The fourth-order valence-electron chi connectivity index (χ4n) is 2.68. The molecule has 1 aromatic rings. The standard InChI is InChI=1S/C15H21N3O2/c1-11-4-3-5-13(8-11)18(2)15-16-9-12(10-17-15)6-7-14(19)20/h6-7,9-11,13H,3-5,8H2,1-2H3,(H,19,20)/b7-6+. The summed E-state index contributed by atoms with van der Waals surface area (Å²) in [7, 11) is 2.03. The van der Waals surface area contributed by atoms with E-state index in [1.54, 1.807) is 12.4 Å². The van der Waals surface area contributed by atoms with Crippen LogP contribution in [0.4, 0.5) is 5.95 Å². The van der Waals surface area contributed by atoms with E-state index in [2.05, 4.69) is 21.8 Å². The first-order valence-corrected chi connectivity index (χ1v) is 7.02. The third-order valence-electron chi connectivity index (χ3n) is 3.85. The van der Waals surface area contributed by atoms with Crippen LogP contribution < -0.4 is 4.90 Å². The highest BCUT2D eigenvalue weighted by atomic mass is 16.4. The van der Waals surface area contributed by atoms with Gasteiger partial charge in [0.15, 0.2) is 0 Å². The van der Waals surface area contributed by atoms with Gasteiger partial charge in [-0.3, -0.25) is 0 Å². The summed E-state index contributed by atoms with van der Waals surface area (Å²) in [6, 6.07) is 0.499. The van der Waals surface area contributed by atoms with Crippen molar-refractivity contribution in [3.05, 3.63) is 24.0 Å². The molecule has 0 saturated heterocycles. The molecule has 5 heteroatoms. The third-order valence-corrected chi connectivity index (χ3v) is 3.85. The minimum atomic E-state index is -0.970. The van der Waals surface area contributed by atoms with Crippen molar-refractivity contribution in [1.82, 2.24) is 9.97 Å². The fourth-order valence-corrected chi connectivity index (χ4v) is 2.68. The quantitative estimate of drug-likeness (QED) is 0.855. The molecule has 108 valence electrons. The number of hydrogen-bond donors (Lipinski definition) is 1. The molecule has 1 N–H and O–H groups in total. The Bertz CT molecular complexity index is 484. The number of carboxylic acid groups (broad SMARTS) is 1. The van der Waals surface area contributed by atoms with Gasteiger partial charge in [-0.1, -0.05) is 19.8 Å². The van der Waals surface area contributed by atoms with E-state index in [1.165, 1.54) is 31.8 Å². The first kappa shape index (κ1) is 14.5. The molecule has 0 bridgehead atoms. The van der Waals surface area contributed by atoms with Crippen LogP contribution in [-0.2, 0) is 4.79 Å². The van der Waals surface area contributed by atoms with Gasteiger partial charge in [0.1, 0.15) is 0 Å². The molecule has 1 aromatic heterocycles. The van der Waals surface area contributed by atoms with E-state index in [0.717, 1.165) is 12.0 Å². The lowest BCUT2D eigenvalue weighted by Gasteiger charge is -2.34. The maximum atomic E-state index is 10.4. The van der Waals surface area contributed by atoms with Crippen LogP contribution in [0.5, 0.6) is 0 Å². The summed E-state index contributed by atoms with van der Waals surface area (Å²) in [6.45, 7) is 2.29. The van der Waals surface area contributed by atoms with Gasteiger partial charge in [-0.15, -0.1) is 0 Å². The highest BCUT2D eigenvalue weighted by molar-refractivity contribution is 5.85. The van der Waals surface area contributed by atoms with E-state index in [0.29, 0.717) is 17.6 Å². The molecule has 0 aromatic carbocycles. The zero-order chi connectivity index (χ0) is 14.5. The van der Waals surface area contributed by atoms with Crippen molar-refractivity contribution in [3.63, 3.8) is 0 Å². The van der Waals surface area contributed by atoms with E-state index < -0.39 is 5.97 Å². The third kappa shape index (κ3) is 3.79. The van der Waals surface area contributed by atoms with Crippen molar-refractivity contribution >= 4 is 18.0 Å². The Balaban J connectivity index is 2.03. The predicted molar refractivity (Wildman–Crippen MR) is 78.5 cm³/mol. The van der Waals surface area contributed by atoms with Crippen LogP contribution in [0.2, 0.25) is 0 Å². The molecule has 1 aliphatic carbocycles. The van der Waals surface area contributed by atoms with Crippen LogP contribution in [0.1, 0.15) is 38.2 Å². The molecule has 0 spiro atoms. The topological polar surface area (TPSA) is 66.3 Å². The number of carbonyl (C=O) groups is 1. The van der Waals surface area contributed by atoms with Gasteiger partial charge >= 0.3 is 5.97 Å². The van der Waals surface area contributed by atoms with Crippen molar-refractivity contribution in [1.29, 1.82) is 0 Å². The van der Waals surface area contributed by atoms with Gasteiger partial charge in [0, 0.05) is 37.1 Å². The van der Waals surface area contributed by atoms with Crippen molar-refractivity contribution in [2.24, 2.45) is 5.92 Å². The van der Waals surface area contributed by atoms with Gasteiger partial charge in [-0.05, 0) is 24.8 Å². The summed E-state index contributed by atoms with van der Waals surface area (Å²) in [6.07, 6.45) is 10.8. The molecular formula is C15H21N3O2. The predicted octanol–water partition coefficient (Wildman–Crippen LogP) is 2.59. The monoisotopic (exact) mass is 275 g/mol. The summed E-state index contributed by atoms with van der Waals surface area (Å²) >= 11 is 0. The van der Waals surface area contributed by atoms with Gasteiger partial charge < -0.3 is 10.0 Å². The second-order valence-corrected chi connectivity index (χ2v) is 5.52. The largest absolute Gasteiger partial charge is 0.478 e. The number of nitrogens with zero attached hydrogens (tertiary/aromatic N) is 3. The molecule has 0 aliphatic heterocycles. The van der Waals surface area contributed by atoms with Crippen molar-refractivity contribution < 1.29 is 9.90 Å². The van der Waals surface area contributed by atoms with E-state index in [1.807, 2.05) is 7.05 Å². The first-order valence-electron chi connectivity index (χ1n) is 7.02. The highest BCUT2D eigenvalue weighted by Crippen LogP contribution is 2.28. The molecule has 0 amide bonds. The fraction of sp³-hybridized carbons (Fsp3) is 0.533. The number of anilines is 1. The smallest absolute Gasteiger partial charge is 0.328 e.